The topological polar surface area (TPSA) is 98.1 Å². The molecule has 6 nitrogen and oxygen atoms in total. The molecule has 1 aliphatic heterocycles. The zero-order valence-electron chi connectivity index (χ0n) is 15.1. The SMILES string of the molecule is CC(C)CC(=O)C1=C(O)C(=O)N(c2ccccc2O)C1c1ccc(O)cc1. The van der Waals surface area contributed by atoms with Gasteiger partial charge >= 0.3 is 0 Å². The molecule has 3 rings (SSSR count). The highest BCUT2D eigenvalue weighted by molar-refractivity contribution is 6.17. The predicted octanol–water partition coefficient (Wildman–Crippen LogP) is 3.61. The van der Waals surface area contributed by atoms with E-state index in [-0.39, 0.29) is 40.9 Å². The second-order valence-electron chi connectivity index (χ2n) is 6.94. The smallest absolute Gasteiger partial charge is 0.294 e. The molecule has 0 spiro atoms. The summed E-state index contributed by atoms with van der Waals surface area (Å²) in [6, 6.07) is 11.4. The minimum atomic E-state index is -0.891. The number of rotatable bonds is 5. The minimum Gasteiger partial charge on any atom is -0.508 e. The highest BCUT2D eigenvalue weighted by atomic mass is 16.3. The molecule has 2 aromatic rings. The van der Waals surface area contributed by atoms with Crippen LogP contribution in [0.5, 0.6) is 11.5 Å². The van der Waals surface area contributed by atoms with Gasteiger partial charge in [-0.1, -0.05) is 38.1 Å². The molecule has 0 bridgehead atoms. The molecule has 1 aliphatic rings. The first-order chi connectivity index (χ1) is 12.8. The standard InChI is InChI=1S/C21H21NO5/c1-12(2)11-17(25)18-19(13-7-9-14(23)10-8-13)22(21(27)20(18)26)15-5-3-4-6-16(15)24/h3-10,12,19,23-24,26H,11H2,1-2H3. The molecule has 1 atom stereocenters. The van der Waals surface area contributed by atoms with Crippen molar-refractivity contribution >= 4 is 17.4 Å². The molecular weight excluding hydrogens is 346 g/mol. The quantitative estimate of drug-likeness (QED) is 0.750. The van der Waals surface area contributed by atoms with E-state index in [4.69, 9.17) is 0 Å². The number of nitrogens with zero attached hydrogens (tertiary/aromatic N) is 1. The first-order valence-electron chi connectivity index (χ1n) is 8.68. The van der Waals surface area contributed by atoms with Gasteiger partial charge in [0.2, 0.25) is 0 Å². The van der Waals surface area contributed by atoms with Crippen LogP contribution in [-0.2, 0) is 9.59 Å². The van der Waals surface area contributed by atoms with Crippen LogP contribution >= 0.6 is 0 Å². The number of amides is 1. The van der Waals surface area contributed by atoms with Gasteiger partial charge in [-0.3, -0.25) is 14.5 Å². The van der Waals surface area contributed by atoms with Crippen LogP contribution in [0.25, 0.3) is 0 Å². The molecule has 1 unspecified atom stereocenters. The van der Waals surface area contributed by atoms with Crippen LogP contribution in [0.1, 0.15) is 31.9 Å². The molecular formula is C21H21NO5. The monoisotopic (exact) mass is 367 g/mol. The average molecular weight is 367 g/mol. The van der Waals surface area contributed by atoms with E-state index >= 15 is 0 Å². The van der Waals surface area contributed by atoms with Crippen molar-refractivity contribution in [2.45, 2.75) is 26.3 Å². The Morgan fingerprint density at radius 2 is 1.67 bits per heavy atom. The molecule has 0 aliphatic carbocycles. The third-order valence-electron chi connectivity index (χ3n) is 4.45. The molecule has 0 fully saturated rings. The van der Waals surface area contributed by atoms with Crippen LogP contribution < -0.4 is 4.90 Å². The van der Waals surface area contributed by atoms with E-state index in [1.165, 1.54) is 23.1 Å². The van der Waals surface area contributed by atoms with Gasteiger partial charge in [-0.15, -0.1) is 0 Å². The minimum absolute atomic E-state index is 0.00245. The van der Waals surface area contributed by atoms with Gasteiger partial charge in [0.1, 0.15) is 11.5 Å². The van der Waals surface area contributed by atoms with E-state index in [1.54, 1.807) is 30.3 Å². The largest absolute Gasteiger partial charge is 0.508 e. The zero-order valence-corrected chi connectivity index (χ0v) is 15.1. The highest BCUT2D eigenvalue weighted by Gasteiger charge is 2.44. The van der Waals surface area contributed by atoms with Gasteiger partial charge in [-0.2, -0.15) is 0 Å². The fraction of sp³-hybridized carbons (Fsp3) is 0.238. The number of phenolic OH excluding ortho intramolecular Hbond substituents is 2. The fourth-order valence-corrected chi connectivity index (χ4v) is 3.26. The number of hydrogen-bond acceptors (Lipinski definition) is 5. The van der Waals surface area contributed by atoms with Crippen molar-refractivity contribution in [2.75, 3.05) is 4.90 Å². The Bertz CT molecular complexity index is 914. The van der Waals surface area contributed by atoms with Gasteiger partial charge in [0, 0.05) is 6.42 Å². The highest BCUT2D eigenvalue weighted by Crippen LogP contribution is 2.44. The molecule has 2 aromatic carbocycles. The Balaban J connectivity index is 2.17. The maximum absolute atomic E-state index is 12.8. The fourth-order valence-electron chi connectivity index (χ4n) is 3.26. The number of carbonyl (C=O) groups is 2. The molecule has 0 saturated carbocycles. The summed E-state index contributed by atoms with van der Waals surface area (Å²) < 4.78 is 0. The number of aliphatic hydroxyl groups excluding tert-OH is 1. The van der Waals surface area contributed by atoms with Crippen molar-refractivity contribution in [3.8, 4) is 11.5 Å². The number of anilines is 1. The molecule has 1 heterocycles. The van der Waals surface area contributed by atoms with Crippen molar-refractivity contribution in [3.05, 3.63) is 65.4 Å². The third kappa shape index (κ3) is 3.38. The van der Waals surface area contributed by atoms with Crippen LogP contribution in [0.2, 0.25) is 0 Å². The van der Waals surface area contributed by atoms with Crippen molar-refractivity contribution in [1.29, 1.82) is 0 Å². The van der Waals surface area contributed by atoms with Gasteiger partial charge < -0.3 is 15.3 Å². The molecule has 27 heavy (non-hydrogen) atoms. The van der Waals surface area contributed by atoms with Gasteiger partial charge in [-0.25, -0.2) is 0 Å². The lowest BCUT2D eigenvalue weighted by molar-refractivity contribution is -0.118. The van der Waals surface area contributed by atoms with Gasteiger partial charge in [0.25, 0.3) is 5.91 Å². The number of aromatic hydroxyl groups is 2. The Hall–Kier alpha value is -3.28. The van der Waals surface area contributed by atoms with Crippen molar-refractivity contribution < 1.29 is 24.9 Å². The number of carbonyl (C=O) groups excluding carboxylic acids is 2. The molecule has 0 saturated heterocycles. The van der Waals surface area contributed by atoms with Crippen molar-refractivity contribution in [1.82, 2.24) is 0 Å². The third-order valence-corrected chi connectivity index (χ3v) is 4.45. The van der Waals surface area contributed by atoms with Crippen molar-refractivity contribution in [2.24, 2.45) is 5.92 Å². The van der Waals surface area contributed by atoms with E-state index in [0.717, 1.165) is 0 Å². The first-order valence-corrected chi connectivity index (χ1v) is 8.68. The molecule has 0 radical (unpaired) electrons. The van der Waals surface area contributed by atoms with Gasteiger partial charge in [0.15, 0.2) is 11.5 Å². The summed E-state index contributed by atoms with van der Waals surface area (Å²) in [6.07, 6.45) is 0.176. The van der Waals surface area contributed by atoms with Crippen LogP contribution in [-0.4, -0.2) is 27.0 Å². The van der Waals surface area contributed by atoms with Crippen molar-refractivity contribution in [3.63, 3.8) is 0 Å². The number of ketones is 1. The Morgan fingerprint density at radius 3 is 2.26 bits per heavy atom. The number of para-hydroxylation sites is 2. The zero-order chi connectivity index (χ0) is 19.7. The Morgan fingerprint density at radius 1 is 1.04 bits per heavy atom. The second kappa shape index (κ2) is 7.15. The molecule has 0 aromatic heterocycles. The summed E-state index contributed by atoms with van der Waals surface area (Å²) in [6.45, 7) is 3.76. The molecule has 140 valence electrons. The lowest BCUT2D eigenvalue weighted by Crippen LogP contribution is -2.31. The summed E-state index contributed by atoms with van der Waals surface area (Å²) in [4.78, 5) is 26.8. The second-order valence-corrected chi connectivity index (χ2v) is 6.94. The van der Waals surface area contributed by atoms with Crippen LogP contribution in [0.15, 0.2) is 59.9 Å². The lowest BCUT2D eigenvalue weighted by atomic mass is 9.92. The number of hydrogen-bond donors (Lipinski definition) is 3. The Labute approximate surface area is 157 Å². The normalized spacial score (nSPS) is 17.1. The summed E-state index contributed by atoms with van der Waals surface area (Å²) in [5.41, 5.74) is 0.739. The predicted molar refractivity (Wildman–Crippen MR) is 101 cm³/mol. The van der Waals surface area contributed by atoms with Crippen LogP contribution in [0, 0.1) is 5.92 Å². The summed E-state index contributed by atoms with van der Waals surface area (Å²) in [7, 11) is 0. The summed E-state index contributed by atoms with van der Waals surface area (Å²) >= 11 is 0. The van der Waals surface area contributed by atoms with E-state index in [2.05, 4.69) is 0 Å². The molecule has 3 N–H and O–H groups in total. The molecule has 1 amide bonds. The maximum Gasteiger partial charge on any atom is 0.294 e. The maximum atomic E-state index is 12.8. The number of aliphatic hydroxyl groups is 1. The number of phenols is 2. The van der Waals surface area contributed by atoms with Crippen LogP contribution in [0.3, 0.4) is 0 Å². The van der Waals surface area contributed by atoms with E-state index in [0.29, 0.717) is 5.56 Å². The number of Topliss-reactive ketones (excluding diaryl/α,β-unsaturated/α-hetero) is 1. The number of benzene rings is 2. The average Bonchev–Trinajstić information content (AvgIpc) is 2.87. The molecule has 6 heteroatoms. The first kappa shape index (κ1) is 18.5. The van der Waals surface area contributed by atoms with Crippen LogP contribution in [0.4, 0.5) is 5.69 Å². The summed E-state index contributed by atoms with van der Waals surface area (Å²) in [5, 5.41) is 30.3. The van der Waals surface area contributed by atoms with Gasteiger partial charge in [0.05, 0.1) is 17.3 Å². The van der Waals surface area contributed by atoms with E-state index in [9.17, 15) is 24.9 Å². The van der Waals surface area contributed by atoms with E-state index in [1.807, 2.05) is 13.8 Å². The lowest BCUT2D eigenvalue weighted by Gasteiger charge is -2.27. The van der Waals surface area contributed by atoms with E-state index < -0.39 is 17.7 Å². The van der Waals surface area contributed by atoms with Gasteiger partial charge in [-0.05, 0) is 35.7 Å². The summed E-state index contributed by atoms with van der Waals surface area (Å²) in [5.74, 6) is -1.73. The Kier molecular flexibility index (Phi) is 4.90.